The van der Waals surface area contributed by atoms with Crippen LogP contribution in [0.2, 0.25) is 0 Å². The number of aliphatic hydroxyl groups is 3. The van der Waals surface area contributed by atoms with E-state index in [1.807, 2.05) is 0 Å². The van der Waals surface area contributed by atoms with E-state index in [9.17, 15) is 58.4 Å². The third kappa shape index (κ3) is 21.7. The third-order valence-electron chi connectivity index (χ3n) is 2.77. The first-order valence-electron chi connectivity index (χ1n) is 5.67. The van der Waals surface area contributed by atoms with Crippen molar-refractivity contribution in [2.75, 3.05) is 0 Å². The van der Waals surface area contributed by atoms with Gasteiger partial charge in [-0.1, -0.05) is 0 Å². The standard InChI is InChI=1S/C6H15O15P3.6K/c7-1-2(8)5(20-23(13,14)15)6(21-24(16,17)18)3(9)4(1)19-22(10,11)12;;;;;;/h1-9H,(H2,10,11,12)(H2,13,14,15)(H2,16,17,18);;;;;;/q;6*+1/p-6/t1-,2+,3-,4+,5+,6-;;;;;;/m1....../s1. The Morgan fingerprint density at radius 2 is 0.667 bits per heavy atom. The van der Waals surface area contributed by atoms with E-state index < -0.39 is 60.1 Å². The molecule has 0 heterocycles. The number of phosphoric acid groups is 3. The first-order valence-corrected chi connectivity index (χ1v) is 10.1. The first kappa shape index (κ1) is 52.7. The van der Waals surface area contributed by atoms with E-state index in [-0.39, 0.29) is 308 Å². The Labute approximate surface area is 426 Å². The predicted octanol–water partition coefficient (Wildman–Crippen LogP) is -25.3. The molecule has 144 valence electrons. The van der Waals surface area contributed by atoms with Crippen molar-refractivity contribution >= 4 is 23.5 Å². The molecule has 0 aliphatic heterocycles. The van der Waals surface area contributed by atoms with Crippen LogP contribution in [0.1, 0.15) is 0 Å². The van der Waals surface area contributed by atoms with Crippen LogP contribution in [0.4, 0.5) is 0 Å². The van der Waals surface area contributed by atoms with Crippen molar-refractivity contribution in [1.82, 2.24) is 0 Å². The maximum atomic E-state index is 10.6. The second-order valence-electron chi connectivity index (χ2n) is 4.52. The average molecular weight is 649 g/mol. The van der Waals surface area contributed by atoms with Crippen LogP contribution >= 0.6 is 23.5 Å². The number of rotatable bonds is 6. The van der Waals surface area contributed by atoms with Gasteiger partial charge in [0.05, 0.1) is 23.5 Å². The Bertz CT molecular complexity index is 595. The summed E-state index contributed by atoms with van der Waals surface area (Å²) >= 11 is 0. The van der Waals surface area contributed by atoms with Gasteiger partial charge in [-0.05, 0) is 0 Å². The molecule has 0 spiro atoms. The Morgan fingerprint density at radius 3 is 0.933 bits per heavy atom. The Morgan fingerprint density at radius 1 is 0.467 bits per heavy atom. The molecule has 1 rings (SSSR count). The summed E-state index contributed by atoms with van der Waals surface area (Å²) in [6, 6.07) is 0. The van der Waals surface area contributed by atoms with Gasteiger partial charge in [-0.25, -0.2) is 0 Å². The van der Waals surface area contributed by atoms with Crippen LogP contribution in [-0.2, 0) is 27.3 Å². The molecule has 0 aromatic carbocycles. The van der Waals surface area contributed by atoms with Gasteiger partial charge in [0.1, 0.15) is 36.6 Å². The van der Waals surface area contributed by atoms with Crippen LogP contribution in [0.15, 0.2) is 0 Å². The van der Waals surface area contributed by atoms with E-state index >= 15 is 0 Å². The summed E-state index contributed by atoms with van der Waals surface area (Å²) in [4.78, 5) is 63.6. The van der Waals surface area contributed by atoms with Crippen molar-refractivity contribution in [3.05, 3.63) is 0 Å². The van der Waals surface area contributed by atoms with Gasteiger partial charge in [0.15, 0.2) is 0 Å². The van der Waals surface area contributed by atoms with Crippen molar-refractivity contribution in [2.24, 2.45) is 0 Å². The van der Waals surface area contributed by atoms with Crippen LogP contribution in [0.25, 0.3) is 0 Å². The average Bonchev–Trinajstić information content (AvgIpc) is 2.32. The second kappa shape index (κ2) is 23.5. The van der Waals surface area contributed by atoms with Gasteiger partial charge in [-0.3, -0.25) is 0 Å². The second-order valence-corrected chi connectivity index (χ2v) is 7.84. The van der Waals surface area contributed by atoms with Gasteiger partial charge in [-0.15, -0.1) is 0 Å². The number of hydrogen-bond acceptors (Lipinski definition) is 15. The molecule has 0 unspecified atom stereocenters. The van der Waals surface area contributed by atoms with E-state index in [1.165, 1.54) is 0 Å². The maximum Gasteiger partial charge on any atom is 1.00 e. The molecule has 0 radical (unpaired) electrons. The molecule has 0 bridgehead atoms. The SMILES string of the molecule is O=P([O-])([O-])O[C@H]1[C@H](O)[C@H](O)[C@H](OP(=O)([O-])[O-])[C@H](OP(=O)([O-])[O-])[C@@H]1O.[K+].[K+].[K+].[K+].[K+].[K+]. The van der Waals surface area contributed by atoms with E-state index in [1.54, 1.807) is 0 Å². The summed E-state index contributed by atoms with van der Waals surface area (Å²) in [6.07, 6.45) is -15.7. The summed E-state index contributed by atoms with van der Waals surface area (Å²) in [5.74, 6) is 0. The molecule has 0 amide bonds. The molecule has 3 N–H and O–H groups in total. The van der Waals surface area contributed by atoms with Gasteiger partial charge < -0.3 is 71.9 Å². The van der Waals surface area contributed by atoms with Crippen LogP contribution in [0.3, 0.4) is 0 Å². The summed E-state index contributed by atoms with van der Waals surface area (Å²) in [5, 5.41) is 28.9. The van der Waals surface area contributed by atoms with Gasteiger partial charge in [-0.2, -0.15) is 0 Å². The minimum absolute atomic E-state index is 0. The molecular weight excluding hydrogens is 640 g/mol. The fraction of sp³-hybridized carbons (Fsp3) is 1.00. The molecule has 1 aliphatic carbocycles. The normalized spacial score (nSPS) is 28.7. The van der Waals surface area contributed by atoms with Gasteiger partial charge in [0.25, 0.3) is 0 Å². The fourth-order valence-corrected chi connectivity index (χ4v) is 3.62. The van der Waals surface area contributed by atoms with Gasteiger partial charge in [0, 0.05) is 0 Å². The number of aliphatic hydroxyl groups excluding tert-OH is 3. The number of hydrogen-bond donors (Lipinski definition) is 3. The fourth-order valence-electron chi connectivity index (χ4n) is 1.98. The molecule has 24 heteroatoms. The summed E-state index contributed by atoms with van der Waals surface area (Å²) in [5.41, 5.74) is 0. The summed E-state index contributed by atoms with van der Waals surface area (Å²) < 4.78 is 43.0. The minimum Gasteiger partial charge on any atom is -0.790 e. The zero-order valence-electron chi connectivity index (χ0n) is 17.0. The maximum absolute atomic E-state index is 10.6. The molecule has 0 saturated heterocycles. The van der Waals surface area contributed by atoms with E-state index in [4.69, 9.17) is 0 Å². The molecule has 1 aliphatic rings. The van der Waals surface area contributed by atoms with E-state index in [0.717, 1.165) is 0 Å². The van der Waals surface area contributed by atoms with Crippen molar-refractivity contribution in [3.63, 3.8) is 0 Å². The van der Waals surface area contributed by atoms with Crippen molar-refractivity contribution < 1.29 is 380 Å². The van der Waals surface area contributed by atoms with E-state index in [2.05, 4.69) is 13.6 Å². The minimum atomic E-state index is -6.01. The molecule has 0 aromatic heterocycles. The quantitative estimate of drug-likeness (QED) is 0.178. The predicted molar refractivity (Wildman–Crippen MR) is 55.5 cm³/mol. The van der Waals surface area contributed by atoms with Gasteiger partial charge in [0.2, 0.25) is 0 Å². The molecule has 6 atom stereocenters. The summed E-state index contributed by atoms with van der Waals surface area (Å²) in [7, 11) is -17.9. The molecule has 1 saturated carbocycles. The molecular formula is C6H9K6O15P3. The largest absolute Gasteiger partial charge is 1.00 e. The van der Waals surface area contributed by atoms with Crippen LogP contribution in [-0.4, -0.2) is 51.9 Å². The van der Waals surface area contributed by atoms with Crippen molar-refractivity contribution in [2.45, 2.75) is 36.6 Å². The Kier molecular flexibility index (Phi) is 41.2. The summed E-state index contributed by atoms with van der Waals surface area (Å²) in [6.45, 7) is 0. The monoisotopic (exact) mass is 648 g/mol. The Hall–Kier alpha value is 10.0. The van der Waals surface area contributed by atoms with Crippen LogP contribution in [0.5, 0.6) is 0 Å². The smallest absolute Gasteiger partial charge is 0.790 e. The molecule has 15 nitrogen and oxygen atoms in total. The molecule has 30 heavy (non-hydrogen) atoms. The van der Waals surface area contributed by atoms with Crippen LogP contribution in [0, 0.1) is 0 Å². The van der Waals surface area contributed by atoms with E-state index in [0.29, 0.717) is 0 Å². The third-order valence-corrected chi connectivity index (χ3v) is 4.28. The van der Waals surface area contributed by atoms with Crippen molar-refractivity contribution in [3.8, 4) is 0 Å². The number of phosphoric ester groups is 3. The van der Waals surface area contributed by atoms with Crippen molar-refractivity contribution in [1.29, 1.82) is 0 Å². The van der Waals surface area contributed by atoms with Crippen LogP contribution < -0.4 is 338 Å². The van der Waals surface area contributed by atoms with Gasteiger partial charge >= 0.3 is 308 Å². The topological polar surface area (TPSA) is 278 Å². The first-order chi connectivity index (χ1) is 10.5. The Balaban J connectivity index is -0.000000240. The zero-order valence-corrected chi connectivity index (χ0v) is 38.5. The zero-order chi connectivity index (χ0) is 19.1. The molecule has 0 aromatic rings. The molecule has 1 fully saturated rings.